The standard InChI is InChI=1S/C19H21N3O3S/c1-12-7-8-16-14(9-12)22-19(25-16)26-11-17-21-15(10-24-17)18(23)20-13-5-3-2-4-6-13/h7-10,13H,2-6,11H2,1H3,(H,20,23). The molecule has 0 saturated heterocycles. The van der Waals surface area contributed by atoms with Crippen LogP contribution in [0.4, 0.5) is 0 Å². The van der Waals surface area contributed by atoms with E-state index in [-0.39, 0.29) is 11.9 Å². The average Bonchev–Trinajstić information content (AvgIpc) is 3.27. The lowest BCUT2D eigenvalue weighted by Crippen LogP contribution is -2.36. The Morgan fingerprint density at radius 1 is 1.27 bits per heavy atom. The molecule has 26 heavy (non-hydrogen) atoms. The first-order valence-electron chi connectivity index (χ1n) is 8.92. The monoisotopic (exact) mass is 371 g/mol. The van der Waals surface area contributed by atoms with E-state index in [2.05, 4.69) is 15.3 Å². The number of fused-ring (bicyclic) bond motifs is 1. The molecule has 0 spiro atoms. The molecule has 1 saturated carbocycles. The van der Waals surface area contributed by atoms with Gasteiger partial charge in [0.1, 0.15) is 11.8 Å². The first-order valence-corrected chi connectivity index (χ1v) is 9.91. The number of hydrogen-bond donors (Lipinski definition) is 1. The number of carbonyl (C=O) groups excluding carboxylic acids is 1. The highest BCUT2D eigenvalue weighted by Crippen LogP contribution is 2.26. The molecule has 2 heterocycles. The molecule has 6 nitrogen and oxygen atoms in total. The number of rotatable bonds is 5. The highest BCUT2D eigenvalue weighted by atomic mass is 32.2. The van der Waals surface area contributed by atoms with Crippen LogP contribution in [0, 0.1) is 6.92 Å². The molecule has 2 aromatic heterocycles. The minimum Gasteiger partial charge on any atom is -0.447 e. The number of hydrogen-bond acceptors (Lipinski definition) is 6. The van der Waals surface area contributed by atoms with Gasteiger partial charge in [0, 0.05) is 6.04 Å². The highest BCUT2D eigenvalue weighted by Gasteiger charge is 2.19. The molecule has 136 valence electrons. The van der Waals surface area contributed by atoms with Crippen molar-refractivity contribution in [1.82, 2.24) is 15.3 Å². The molecule has 0 aliphatic heterocycles. The van der Waals surface area contributed by atoms with Crippen molar-refractivity contribution in [3.05, 3.63) is 41.6 Å². The van der Waals surface area contributed by atoms with Crippen LogP contribution in [0.3, 0.4) is 0 Å². The van der Waals surface area contributed by atoms with E-state index in [1.807, 2.05) is 25.1 Å². The van der Waals surface area contributed by atoms with Crippen molar-refractivity contribution in [3.63, 3.8) is 0 Å². The fourth-order valence-electron chi connectivity index (χ4n) is 3.19. The minimum absolute atomic E-state index is 0.158. The number of nitrogens with one attached hydrogen (secondary N) is 1. The molecule has 0 unspecified atom stereocenters. The number of nitrogens with zero attached hydrogens (tertiary/aromatic N) is 2. The zero-order valence-electron chi connectivity index (χ0n) is 14.7. The number of aromatic nitrogens is 2. The van der Waals surface area contributed by atoms with E-state index in [1.54, 1.807) is 0 Å². The van der Waals surface area contributed by atoms with E-state index in [0.717, 1.165) is 29.5 Å². The fraction of sp³-hybridized carbons (Fsp3) is 0.421. The van der Waals surface area contributed by atoms with Crippen LogP contribution < -0.4 is 5.32 Å². The molecule has 1 aromatic carbocycles. The van der Waals surface area contributed by atoms with E-state index in [9.17, 15) is 4.79 Å². The molecule has 1 aliphatic carbocycles. The van der Waals surface area contributed by atoms with E-state index in [4.69, 9.17) is 8.83 Å². The molecule has 1 N–H and O–H groups in total. The van der Waals surface area contributed by atoms with Crippen LogP contribution in [0.15, 0.2) is 38.5 Å². The van der Waals surface area contributed by atoms with Crippen molar-refractivity contribution in [2.45, 2.75) is 56.0 Å². The molecular formula is C19H21N3O3S. The second kappa shape index (κ2) is 7.53. The summed E-state index contributed by atoms with van der Waals surface area (Å²) >= 11 is 1.40. The predicted molar refractivity (Wildman–Crippen MR) is 99.1 cm³/mol. The van der Waals surface area contributed by atoms with Crippen LogP contribution in [0.5, 0.6) is 0 Å². The van der Waals surface area contributed by atoms with Crippen molar-refractivity contribution in [3.8, 4) is 0 Å². The molecule has 0 radical (unpaired) electrons. The number of carbonyl (C=O) groups is 1. The summed E-state index contributed by atoms with van der Waals surface area (Å²) in [6, 6.07) is 6.16. The number of amides is 1. The SMILES string of the molecule is Cc1ccc2oc(SCc3nc(C(=O)NC4CCCCC4)co3)nc2c1. The van der Waals surface area contributed by atoms with E-state index in [0.29, 0.717) is 22.6 Å². The molecule has 1 fully saturated rings. The maximum absolute atomic E-state index is 12.3. The number of benzene rings is 1. The van der Waals surface area contributed by atoms with E-state index < -0.39 is 0 Å². The smallest absolute Gasteiger partial charge is 0.273 e. The summed E-state index contributed by atoms with van der Waals surface area (Å²) in [7, 11) is 0. The lowest BCUT2D eigenvalue weighted by molar-refractivity contribution is 0.0922. The second-order valence-corrected chi connectivity index (χ2v) is 7.60. The summed E-state index contributed by atoms with van der Waals surface area (Å²) in [5, 5.41) is 3.61. The van der Waals surface area contributed by atoms with Gasteiger partial charge in [-0.2, -0.15) is 0 Å². The average molecular weight is 371 g/mol. The Morgan fingerprint density at radius 2 is 2.12 bits per heavy atom. The van der Waals surface area contributed by atoms with Crippen LogP contribution >= 0.6 is 11.8 Å². The number of aryl methyl sites for hydroxylation is 1. The van der Waals surface area contributed by atoms with Gasteiger partial charge in [0.2, 0.25) is 5.89 Å². The Kier molecular flexibility index (Phi) is 4.97. The Balaban J connectivity index is 1.35. The van der Waals surface area contributed by atoms with Crippen molar-refractivity contribution >= 4 is 28.8 Å². The first kappa shape index (κ1) is 17.1. The van der Waals surface area contributed by atoms with Gasteiger partial charge >= 0.3 is 0 Å². The normalized spacial score (nSPS) is 15.4. The lowest BCUT2D eigenvalue weighted by Gasteiger charge is -2.22. The van der Waals surface area contributed by atoms with Gasteiger partial charge in [0.25, 0.3) is 11.1 Å². The van der Waals surface area contributed by atoms with Crippen LogP contribution in [-0.2, 0) is 5.75 Å². The Bertz CT molecular complexity index is 912. The maximum Gasteiger partial charge on any atom is 0.273 e. The van der Waals surface area contributed by atoms with Crippen molar-refractivity contribution in [2.75, 3.05) is 0 Å². The Labute approximate surface area is 155 Å². The van der Waals surface area contributed by atoms with Crippen LogP contribution in [0.1, 0.15) is 54.0 Å². The predicted octanol–water partition coefficient (Wildman–Crippen LogP) is 4.48. The van der Waals surface area contributed by atoms with Crippen molar-refractivity contribution in [2.24, 2.45) is 0 Å². The molecule has 1 aliphatic rings. The summed E-state index contributed by atoms with van der Waals surface area (Å²) < 4.78 is 11.1. The molecular weight excluding hydrogens is 350 g/mol. The third-order valence-electron chi connectivity index (χ3n) is 4.57. The van der Waals surface area contributed by atoms with Gasteiger partial charge in [-0.1, -0.05) is 37.1 Å². The summed E-state index contributed by atoms with van der Waals surface area (Å²) in [5.41, 5.74) is 3.08. The van der Waals surface area contributed by atoms with Gasteiger partial charge in [-0.25, -0.2) is 9.97 Å². The molecule has 7 heteroatoms. The molecule has 1 amide bonds. The largest absolute Gasteiger partial charge is 0.447 e. The maximum atomic E-state index is 12.3. The molecule has 3 aromatic rings. The lowest BCUT2D eigenvalue weighted by atomic mass is 9.95. The Hall–Kier alpha value is -2.28. The van der Waals surface area contributed by atoms with Crippen molar-refractivity contribution in [1.29, 1.82) is 0 Å². The van der Waals surface area contributed by atoms with Crippen LogP contribution in [-0.4, -0.2) is 21.9 Å². The quantitative estimate of drug-likeness (QED) is 0.666. The molecule has 4 rings (SSSR count). The summed E-state index contributed by atoms with van der Waals surface area (Å²) in [5.74, 6) is 0.791. The van der Waals surface area contributed by atoms with Crippen LogP contribution in [0.25, 0.3) is 11.1 Å². The zero-order valence-corrected chi connectivity index (χ0v) is 15.5. The second-order valence-electron chi connectivity index (χ2n) is 6.67. The number of thioether (sulfide) groups is 1. The van der Waals surface area contributed by atoms with E-state index in [1.165, 1.54) is 37.3 Å². The fourth-order valence-corrected chi connectivity index (χ4v) is 3.88. The first-order chi connectivity index (χ1) is 12.7. The Morgan fingerprint density at radius 3 is 2.96 bits per heavy atom. The summed E-state index contributed by atoms with van der Waals surface area (Å²) in [4.78, 5) is 21.0. The van der Waals surface area contributed by atoms with Gasteiger partial charge in [0.05, 0.1) is 5.75 Å². The van der Waals surface area contributed by atoms with Crippen molar-refractivity contribution < 1.29 is 13.6 Å². The molecule has 0 bridgehead atoms. The third kappa shape index (κ3) is 3.93. The summed E-state index contributed by atoms with van der Waals surface area (Å²) in [6.45, 7) is 2.02. The number of oxazole rings is 2. The minimum atomic E-state index is -0.158. The third-order valence-corrected chi connectivity index (χ3v) is 5.38. The van der Waals surface area contributed by atoms with Gasteiger partial charge in [0.15, 0.2) is 11.3 Å². The van der Waals surface area contributed by atoms with Crippen LogP contribution in [0.2, 0.25) is 0 Å². The highest BCUT2D eigenvalue weighted by molar-refractivity contribution is 7.98. The van der Waals surface area contributed by atoms with Gasteiger partial charge in [-0.15, -0.1) is 0 Å². The van der Waals surface area contributed by atoms with Gasteiger partial charge in [-0.05, 0) is 37.5 Å². The zero-order chi connectivity index (χ0) is 17.9. The molecule has 0 atom stereocenters. The van der Waals surface area contributed by atoms with Gasteiger partial charge in [-0.3, -0.25) is 4.79 Å². The van der Waals surface area contributed by atoms with Gasteiger partial charge < -0.3 is 14.2 Å². The van der Waals surface area contributed by atoms with E-state index >= 15 is 0 Å². The summed E-state index contributed by atoms with van der Waals surface area (Å²) in [6.07, 6.45) is 7.12. The topological polar surface area (TPSA) is 81.2 Å².